The second-order valence-corrected chi connectivity index (χ2v) is 5.66. The van der Waals surface area contributed by atoms with Crippen LogP contribution >= 0.6 is 0 Å². The summed E-state index contributed by atoms with van der Waals surface area (Å²) < 4.78 is 33.2. The standard InChI is InChI=1S/C18H18F2N4O/c1-11-5-6-15(17(20)16(11)19)25-18-13(4-3-7-22-18)8-21-9-14-12(2)23-10-24-14/h3-7,10,21H,8-9H2,1-2H3,(H,23,24). The highest BCUT2D eigenvalue weighted by Crippen LogP contribution is 2.28. The first-order valence-electron chi connectivity index (χ1n) is 7.82. The molecule has 0 saturated carbocycles. The van der Waals surface area contributed by atoms with Crippen molar-refractivity contribution in [2.24, 2.45) is 0 Å². The van der Waals surface area contributed by atoms with E-state index in [-0.39, 0.29) is 17.2 Å². The van der Waals surface area contributed by atoms with Crippen molar-refractivity contribution in [3.8, 4) is 11.6 Å². The molecule has 130 valence electrons. The lowest BCUT2D eigenvalue weighted by atomic mass is 10.2. The maximum atomic E-state index is 14.0. The van der Waals surface area contributed by atoms with E-state index in [1.54, 1.807) is 18.6 Å². The predicted molar refractivity (Wildman–Crippen MR) is 89.3 cm³/mol. The number of imidazole rings is 1. The lowest BCUT2D eigenvalue weighted by Crippen LogP contribution is -2.14. The van der Waals surface area contributed by atoms with Crippen molar-refractivity contribution in [1.82, 2.24) is 20.3 Å². The Morgan fingerprint density at radius 2 is 1.92 bits per heavy atom. The van der Waals surface area contributed by atoms with Crippen molar-refractivity contribution in [2.75, 3.05) is 0 Å². The maximum absolute atomic E-state index is 14.0. The van der Waals surface area contributed by atoms with E-state index >= 15 is 0 Å². The molecule has 2 heterocycles. The zero-order chi connectivity index (χ0) is 17.8. The number of rotatable bonds is 6. The fraction of sp³-hybridized carbons (Fsp3) is 0.222. The number of pyridine rings is 1. The quantitative estimate of drug-likeness (QED) is 0.714. The first-order valence-corrected chi connectivity index (χ1v) is 7.82. The van der Waals surface area contributed by atoms with Crippen molar-refractivity contribution < 1.29 is 13.5 Å². The van der Waals surface area contributed by atoms with Crippen LogP contribution in [-0.2, 0) is 13.1 Å². The highest BCUT2D eigenvalue weighted by atomic mass is 19.2. The van der Waals surface area contributed by atoms with Crippen LogP contribution in [0.4, 0.5) is 8.78 Å². The molecule has 2 N–H and O–H groups in total. The molecule has 0 fully saturated rings. The van der Waals surface area contributed by atoms with Crippen LogP contribution in [0.15, 0.2) is 36.8 Å². The molecule has 0 aliphatic heterocycles. The van der Waals surface area contributed by atoms with Gasteiger partial charge in [-0.15, -0.1) is 0 Å². The molecule has 0 bridgehead atoms. The third-order valence-corrected chi connectivity index (χ3v) is 3.84. The number of hydrogen-bond donors (Lipinski definition) is 2. The van der Waals surface area contributed by atoms with Crippen LogP contribution in [0.5, 0.6) is 11.6 Å². The second-order valence-electron chi connectivity index (χ2n) is 5.66. The first kappa shape index (κ1) is 17.0. The summed E-state index contributed by atoms with van der Waals surface area (Å²) in [5, 5.41) is 3.24. The van der Waals surface area contributed by atoms with Crippen LogP contribution in [0.3, 0.4) is 0 Å². The third kappa shape index (κ3) is 3.83. The van der Waals surface area contributed by atoms with Gasteiger partial charge in [-0.3, -0.25) is 0 Å². The highest BCUT2D eigenvalue weighted by molar-refractivity contribution is 5.35. The number of benzene rings is 1. The second kappa shape index (κ2) is 7.40. The van der Waals surface area contributed by atoms with E-state index in [1.165, 1.54) is 19.1 Å². The minimum Gasteiger partial charge on any atom is -0.435 e. The van der Waals surface area contributed by atoms with Crippen LogP contribution in [0.1, 0.15) is 22.5 Å². The van der Waals surface area contributed by atoms with Crippen LogP contribution in [0.25, 0.3) is 0 Å². The van der Waals surface area contributed by atoms with Gasteiger partial charge in [-0.25, -0.2) is 14.4 Å². The number of H-pyrrole nitrogens is 1. The maximum Gasteiger partial charge on any atom is 0.223 e. The summed E-state index contributed by atoms with van der Waals surface area (Å²) in [6, 6.07) is 6.44. The molecule has 0 saturated heterocycles. The fourth-order valence-electron chi connectivity index (χ4n) is 2.34. The minimum atomic E-state index is -1.02. The van der Waals surface area contributed by atoms with E-state index in [0.717, 1.165) is 17.0 Å². The van der Waals surface area contributed by atoms with Crippen LogP contribution in [-0.4, -0.2) is 15.0 Å². The number of aromatic amines is 1. The summed E-state index contributed by atoms with van der Waals surface area (Å²) in [5.74, 6) is -1.89. The number of aryl methyl sites for hydroxylation is 2. The lowest BCUT2D eigenvalue weighted by Gasteiger charge is -2.12. The van der Waals surface area contributed by atoms with Crippen molar-refractivity contribution >= 4 is 0 Å². The van der Waals surface area contributed by atoms with Gasteiger partial charge in [-0.1, -0.05) is 12.1 Å². The molecule has 0 aliphatic rings. The summed E-state index contributed by atoms with van der Waals surface area (Å²) in [6.07, 6.45) is 3.18. The smallest absolute Gasteiger partial charge is 0.223 e. The normalized spacial score (nSPS) is 10.9. The summed E-state index contributed by atoms with van der Waals surface area (Å²) in [7, 11) is 0. The van der Waals surface area contributed by atoms with E-state index < -0.39 is 11.6 Å². The lowest BCUT2D eigenvalue weighted by molar-refractivity contribution is 0.399. The molecule has 0 amide bonds. The van der Waals surface area contributed by atoms with Crippen LogP contribution < -0.4 is 10.1 Å². The van der Waals surface area contributed by atoms with Gasteiger partial charge in [-0.2, -0.15) is 4.39 Å². The molecule has 25 heavy (non-hydrogen) atoms. The summed E-state index contributed by atoms with van der Waals surface area (Å²) >= 11 is 0. The highest BCUT2D eigenvalue weighted by Gasteiger charge is 2.15. The van der Waals surface area contributed by atoms with Gasteiger partial charge < -0.3 is 15.0 Å². The molecule has 0 atom stereocenters. The van der Waals surface area contributed by atoms with Crippen molar-refractivity contribution in [3.05, 3.63) is 70.9 Å². The number of hydrogen-bond acceptors (Lipinski definition) is 4. The number of ether oxygens (including phenoxy) is 1. The molecular formula is C18H18F2N4O. The minimum absolute atomic E-state index is 0.189. The predicted octanol–water partition coefficient (Wildman–Crippen LogP) is 3.78. The van der Waals surface area contributed by atoms with Crippen molar-refractivity contribution in [1.29, 1.82) is 0 Å². The van der Waals surface area contributed by atoms with Gasteiger partial charge in [0, 0.05) is 30.5 Å². The van der Waals surface area contributed by atoms with E-state index in [2.05, 4.69) is 20.3 Å². The van der Waals surface area contributed by atoms with Gasteiger partial charge in [0.2, 0.25) is 11.7 Å². The van der Waals surface area contributed by atoms with Crippen molar-refractivity contribution in [3.63, 3.8) is 0 Å². The Labute approximate surface area is 144 Å². The van der Waals surface area contributed by atoms with E-state index in [1.807, 2.05) is 13.0 Å². The molecule has 0 aliphatic carbocycles. The van der Waals surface area contributed by atoms with E-state index in [9.17, 15) is 8.78 Å². The molecule has 0 radical (unpaired) electrons. The fourth-order valence-corrected chi connectivity index (χ4v) is 2.34. The van der Waals surface area contributed by atoms with Gasteiger partial charge in [0.15, 0.2) is 11.6 Å². The molecule has 1 aromatic carbocycles. The first-order chi connectivity index (χ1) is 12.1. The summed E-state index contributed by atoms with van der Waals surface area (Å²) in [5.41, 5.74) is 2.86. The Morgan fingerprint density at radius 1 is 1.08 bits per heavy atom. The Kier molecular flexibility index (Phi) is 5.04. The van der Waals surface area contributed by atoms with Crippen LogP contribution in [0, 0.1) is 25.5 Å². The van der Waals surface area contributed by atoms with Gasteiger partial charge in [0.1, 0.15) is 0 Å². The molecular weight excluding hydrogens is 326 g/mol. The third-order valence-electron chi connectivity index (χ3n) is 3.84. The van der Waals surface area contributed by atoms with Crippen LogP contribution in [0.2, 0.25) is 0 Å². The molecule has 3 rings (SSSR count). The monoisotopic (exact) mass is 344 g/mol. The Balaban J connectivity index is 1.73. The number of halogens is 2. The van der Waals surface area contributed by atoms with Gasteiger partial charge in [0.25, 0.3) is 0 Å². The molecule has 2 aromatic heterocycles. The van der Waals surface area contributed by atoms with Gasteiger partial charge in [-0.05, 0) is 31.5 Å². The average Bonchev–Trinajstić information content (AvgIpc) is 3.02. The molecule has 3 aromatic rings. The zero-order valence-electron chi connectivity index (χ0n) is 13.9. The summed E-state index contributed by atoms with van der Waals surface area (Å²) in [6.45, 7) is 4.45. The van der Waals surface area contributed by atoms with Gasteiger partial charge >= 0.3 is 0 Å². The SMILES string of the molecule is Cc1ccc(Oc2ncccc2CNCc2nc[nH]c2C)c(F)c1F. The Hall–Kier alpha value is -2.80. The number of nitrogens with one attached hydrogen (secondary N) is 2. The largest absolute Gasteiger partial charge is 0.435 e. The molecule has 5 nitrogen and oxygen atoms in total. The van der Waals surface area contributed by atoms with E-state index in [0.29, 0.717) is 13.1 Å². The van der Waals surface area contributed by atoms with E-state index in [4.69, 9.17) is 4.74 Å². The topological polar surface area (TPSA) is 62.8 Å². The average molecular weight is 344 g/mol. The molecule has 7 heteroatoms. The summed E-state index contributed by atoms with van der Waals surface area (Å²) in [4.78, 5) is 11.3. The zero-order valence-corrected chi connectivity index (χ0v) is 13.9. The Bertz CT molecular complexity index is 879. The molecule has 0 unspecified atom stereocenters. The number of aromatic nitrogens is 3. The van der Waals surface area contributed by atoms with Crippen molar-refractivity contribution in [2.45, 2.75) is 26.9 Å². The molecule has 0 spiro atoms. The number of nitrogens with zero attached hydrogens (tertiary/aromatic N) is 2. The Morgan fingerprint density at radius 3 is 2.68 bits per heavy atom. The van der Waals surface area contributed by atoms with Gasteiger partial charge in [0.05, 0.1) is 12.0 Å².